The number of aliphatic carboxylic acids is 1. The molecule has 19 heavy (non-hydrogen) atoms. The van der Waals surface area contributed by atoms with Gasteiger partial charge in [-0.25, -0.2) is 4.79 Å². The molecule has 1 aliphatic heterocycles. The first kappa shape index (κ1) is 13.4. The van der Waals surface area contributed by atoms with Crippen LogP contribution in [-0.2, 0) is 9.59 Å². The van der Waals surface area contributed by atoms with E-state index in [2.05, 4.69) is 0 Å². The maximum atomic E-state index is 12.0. The van der Waals surface area contributed by atoms with E-state index in [-0.39, 0.29) is 5.91 Å². The number of hydrogen-bond donors (Lipinski definition) is 1. The van der Waals surface area contributed by atoms with Gasteiger partial charge in [-0.3, -0.25) is 4.79 Å². The molecule has 0 bridgehead atoms. The number of piperidine rings is 1. The molecule has 1 N–H and O–H groups in total. The van der Waals surface area contributed by atoms with Crippen molar-refractivity contribution in [3.05, 3.63) is 29.7 Å². The molecule has 102 valence electrons. The summed E-state index contributed by atoms with van der Waals surface area (Å²) in [4.78, 5) is 24.6. The van der Waals surface area contributed by atoms with Gasteiger partial charge in [-0.15, -0.1) is 0 Å². The van der Waals surface area contributed by atoms with Crippen LogP contribution < -0.4 is 0 Å². The lowest BCUT2D eigenvalue weighted by Crippen LogP contribution is -2.47. The third-order valence-electron chi connectivity index (χ3n) is 3.22. The second kappa shape index (κ2) is 5.73. The largest absolute Gasteiger partial charge is 0.480 e. The van der Waals surface area contributed by atoms with Crippen molar-refractivity contribution in [1.29, 1.82) is 0 Å². The molecule has 2 rings (SSSR count). The fourth-order valence-corrected chi connectivity index (χ4v) is 2.24. The number of nitrogens with zero attached hydrogens (tertiary/aromatic N) is 1. The predicted octanol–water partition coefficient (Wildman–Crippen LogP) is 2.07. The van der Waals surface area contributed by atoms with Gasteiger partial charge < -0.3 is 14.4 Å². The van der Waals surface area contributed by atoms with Gasteiger partial charge in [0.05, 0.1) is 0 Å². The molecule has 1 aromatic rings. The molecule has 1 fully saturated rings. The van der Waals surface area contributed by atoms with E-state index in [0.717, 1.165) is 18.6 Å². The maximum Gasteiger partial charge on any atom is 0.326 e. The zero-order valence-electron chi connectivity index (χ0n) is 10.8. The molecule has 1 atom stereocenters. The summed E-state index contributed by atoms with van der Waals surface area (Å²) < 4.78 is 5.32. The van der Waals surface area contributed by atoms with Gasteiger partial charge in [0.2, 0.25) is 5.91 Å². The van der Waals surface area contributed by atoms with Crippen LogP contribution in [0.25, 0.3) is 6.08 Å². The standard InChI is InChI=1S/C14H17NO4/c1-10-5-6-11(19-10)7-8-13(16)15-9-3-2-4-12(15)14(17)18/h5-8,12H,2-4,9H2,1H3,(H,17,18)/b8-7+/t12-/m1/s1. The Balaban J connectivity index is 2.05. The number of likely N-dealkylation sites (tertiary alicyclic amines) is 1. The first-order valence-electron chi connectivity index (χ1n) is 6.36. The number of aryl methyl sites for hydroxylation is 1. The number of rotatable bonds is 3. The summed E-state index contributed by atoms with van der Waals surface area (Å²) in [5, 5.41) is 9.11. The van der Waals surface area contributed by atoms with Gasteiger partial charge in [0.25, 0.3) is 0 Å². The van der Waals surface area contributed by atoms with Crippen LogP contribution in [-0.4, -0.2) is 34.5 Å². The van der Waals surface area contributed by atoms with E-state index in [1.807, 2.05) is 13.0 Å². The highest BCUT2D eigenvalue weighted by molar-refractivity contribution is 5.94. The number of amides is 1. The smallest absolute Gasteiger partial charge is 0.326 e. The molecule has 5 heteroatoms. The van der Waals surface area contributed by atoms with Crippen molar-refractivity contribution >= 4 is 18.0 Å². The topological polar surface area (TPSA) is 70.8 Å². The maximum absolute atomic E-state index is 12.0. The minimum Gasteiger partial charge on any atom is -0.480 e. The Morgan fingerprint density at radius 2 is 2.21 bits per heavy atom. The Morgan fingerprint density at radius 1 is 1.42 bits per heavy atom. The number of hydrogen-bond acceptors (Lipinski definition) is 3. The van der Waals surface area contributed by atoms with E-state index in [0.29, 0.717) is 18.7 Å². The number of carboxylic acid groups (broad SMARTS) is 1. The molecular formula is C14H17NO4. The molecule has 0 aromatic carbocycles. The van der Waals surface area contributed by atoms with Crippen LogP contribution in [0.1, 0.15) is 30.8 Å². The number of furan rings is 1. The summed E-state index contributed by atoms with van der Waals surface area (Å²) in [6, 6.07) is 2.87. The van der Waals surface area contributed by atoms with Crippen molar-refractivity contribution in [3.63, 3.8) is 0 Å². The Kier molecular flexibility index (Phi) is 4.04. The zero-order chi connectivity index (χ0) is 13.8. The molecule has 0 radical (unpaired) electrons. The fourth-order valence-electron chi connectivity index (χ4n) is 2.24. The predicted molar refractivity (Wildman–Crippen MR) is 69.5 cm³/mol. The second-order valence-electron chi connectivity index (χ2n) is 4.66. The van der Waals surface area contributed by atoms with Gasteiger partial charge in [0, 0.05) is 12.6 Å². The average molecular weight is 263 g/mol. The van der Waals surface area contributed by atoms with Crippen LogP contribution in [0.2, 0.25) is 0 Å². The molecule has 1 amide bonds. The van der Waals surface area contributed by atoms with E-state index in [1.54, 1.807) is 12.1 Å². The molecule has 2 heterocycles. The van der Waals surface area contributed by atoms with E-state index in [1.165, 1.54) is 11.0 Å². The summed E-state index contributed by atoms with van der Waals surface area (Å²) in [5.74, 6) is 0.152. The van der Waals surface area contributed by atoms with Crippen molar-refractivity contribution in [1.82, 2.24) is 4.90 Å². The van der Waals surface area contributed by atoms with Gasteiger partial charge in [-0.2, -0.15) is 0 Å². The van der Waals surface area contributed by atoms with E-state index < -0.39 is 12.0 Å². The van der Waals surface area contributed by atoms with E-state index >= 15 is 0 Å². The van der Waals surface area contributed by atoms with E-state index in [9.17, 15) is 9.59 Å². The summed E-state index contributed by atoms with van der Waals surface area (Å²) in [6.45, 7) is 2.32. The Labute approximate surface area is 111 Å². The van der Waals surface area contributed by atoms with Crippen molar-refractivity contribution in [2.75, 3.05) is 6.54 Å². The van der Waals surface area contributed by atoms with Crippen molar-refractivity contribution in [2.45, 2.75) is 32.2 Å². The number of carboxylic acids is 1. The summed E-state index contributed by atoms with van der Waals surface area (Å²) in [7, 11) is 0. The average Bonchev–Trinajstić information content (AvgIpc) is 2.81. The van der Waals surface area contributed by atoms with Crippen molar-refractivity contribution in [2.24, 2.45) is 0 Å². The molecule has 0 spiro atoms. The minimum absolute atomic E-state index is 0.277. The lowest BCUT2D eigenvalue weighted by Gasteiger charge is -2.32. The van der Waals surface area contributed by atoms with Crippen LogP contribution >= 0.6 is 0 Å². The summed E-state index contributed by atoms with van der Waals surface area (Å²) in [6.07, 6.45) is 5.17. The van der Waals surface area contributed by atoms with Crippen LogP contribution in [0.5, 0.6) is 0 Å². The third-order valence-corrected chi connectivity index (χ3v) is 3.22. The van der Waals surface area contributed by atoms with Gasteiger partial charge in [0.1, 0.15) is 17.6 Å². The van der Waals surface area contributed by atoms with Gasteiger partial charge in [0.15, 0.2) is 0 Å². The molecule has 0 unspecified atom stereocenters. The molecule has 0 saturated carbocycles. The van der Waals surface area contributed by atoms with Crippen molar-refractivity contribution in [3.8, 4) is 0 Å². The van der Waals surface area contributed by atoms with Gasteiger partial charge in [-0.1, -0.05) is 0 Å². The Hall–Kier alpha value is -2.04. The molecule has 1 aromatic heterocycles. The molecule has 5 nitrogen and oxygen atoms in total. The molecular weight excluding hydrogens is 246 g/mol. The highest BCUT2D eigenvalue weighted by atomic mass is 16.4. The Morgan fingerprint density at radius 3 is 2.84 bits per heavy atom. The minimum atomic E-state index is -0.935. The highest BCUT2D eigenvalue weighted by Gasteiger charge is 2.30. The first-order chi connectivity index (χ1) is 9.08. The van der Waals surface area contributed by atoms with Crippen LogP contribution in [0.4, 0.5) is 0 Å². The molecule has 1 saturated heterocycles. The highest BCUT2D eigenvalue weighted by Crippen LogP contribution is 2.18. The third kappa shape index (κ3) is 3.24. The van der Waals surface area contributed by atoms with Gasteiger partial charge >= 0.3 is 5.97 Å². The lowest BCUT2D eigenvalue weighted by atomic mass is 10.0. The number of carbonyl (C=O) groups is 2. The SMILES string of the molecule is Cc1ccc(/C=C/C(=O)N2CCCC[C@@H]2C(=O)O)o1. The summed E-state index contributed by atoms with van der Waals surface area (Å²) in [5.41, 5.74) is 0. The normalized spacial score (nSPS) is 19.8. The monoisotopic (exact) mass is 263 g/mol. The first-order valence-corrected chi connectivity index (χ1v) is 6.36. The summed E-state index contributed by atoms with van der Waals surface area (Å²) >= 11 is 0. The van der Waals surface area contributed by atoms with Crippen LogP contribution in [0.15, 0.2) is 22.6 Å². The quantitative estimate of drug-likeness (QED) is 0.847. The fraction of sp³-hybridized carbons (Fsp3) is 0.429. The van der Waals surface area contributed by atoms with Crippen LogP contribution in [0.3, 0.4) is 0 Å². The zero-order valence-corrected chi connectivity index (χ0v) is 10.8. The lowest BCUT2D eigenvalue weighted by molar-refractivity contribution is -0.150. The van der Waals surface area contributed by atoms with Crippen LogP contribution in [0, 0.1) is 6.92 Å². The van der Waals surface area contributed by atoms with E-state index in [4.69, 9.17) is 9.52 Å². The molecule has 1 aliphatic rings. The number of carbonyl (C=O) groups excluding carboxylic acids is 1. The van der Waals surface area contributed by atoms with Crippen molar-refractivity contribution < 1.29 is 19.1 Å². The Bertz CT molecular complexity index is 503. The second-order valence-corrected chi connectivity index (χ2v) is 4.66. The molecule has 0 aliphatic carbocycles. The van der Waals surface area contributed by atoms with Gasteiger partial charge in [-0.05, 0) is 44.4 Å².